The second-order valence-corrected chi connectivity index (χ2v) is 6.13. The van der Waals surface area contributed by atoms with Gasteiger partial charge in [-0.05, 0) is 29.8 Å². The van der Waals surface area contributed by atoms with Crippen molar-refractivity contribution in [3.05, 3.63) is 82.3 Å². The molecule has 0 spiro atoms. The van der Waals surface area contributed by atoms with Crippen LogP contribution in [0.3, 0.4) is 0 Å². The molecule has 0 radical (unpaired) electrons. The number of pyridine rings is 1. The molecule has 0 aliphatic rings. The zero-order valence-corrected chi connectivity index (χ0v) is 15.2. The van der Waals surface area contributed by atoms with Crippen molar-refractivity contribution in [3.63, 3.8) is 0 Å². The number of halogens is 1. The number of benzene rings is 1. The van der Waals surface area contributed by atoms with Crippen molar-refractivity contribution in [2.75, 3.05) is 13.7 Å². The average Bonchev–Trinajstić information content (AvgIpc) is 2.68. The summed E-state index contributed by atoms with van der Waals surface area (Å²) in [4.78, 5) is 35.3. The molecule has 144 valence electrons. The first-order chi connectivity index (χ1) is 13.5. The second kappa shape index (κ2) is 9.01. The Hall–Kier alpha value is -3.39. The average molecular weight is 382 g/mol. The van der Waals surface area contributed by atoms with Gasteiger partial charge in [0.1, 0.15) is 18.2 Å². The topological polar surface area (TPSA) is 97.0 Å². The Morgan fingerprint density at radius 3 is 2.61 bits per heavy atom. The molecule has 3 aromatic rings. The minimum Gasteiger partial charge on any atom is -0.375 e. The number of nitrogens with zero attached hydrogens (tertiary/aromatic N) is 2. The molecule has 0 aliphatic carbocycles. The predicted molar refractivity (Wildman–Crippen MR) is 101 cm³/mol. The standard InChI is InChI=1S/C20H19FN4O3/c1-28-12-19(27)24-17(13-2-4-15(21)5-3-13)10-16-11-18(26)25-20(23-16)14-6-8-22-9-7-14/h2-9,11,17H,10,12H2,1H3,(H,24,27)(H,23,25,26). The van der Waals surface area contributed by atoms with Gasteiger partial charge in [-0.15, -0.1) is 0 Å². The lowest BCUT2D eigenvalue weighted by Crippen LogP contribution is -2.33. The first-order valence-corrected chi connectivity index (χ1v) is 8.59. The summed E-state index contributed by atoms with van der Waals surface area (Å²) in [6.07, 6.45) is 3.46. The smallest absolute Gasteiger partial charge is 0.251 e. The third-order valence-corrected chi connectivity index (χ3v) is 4.04. The summed E-state index contributed by atoms with van der Waals surface area (Å²) in [5.74, 6) is -0.290. The summed E-state index contributed by atoms with van der Waals surface area (Å²) >= 11 is 0. The molecule has 2 N–H and O–H groups in total. The molecule has 0 bridgehead atoms. The maximum atomic E-state index is 13.3. The minimum absolute atomic E-state index is 0.108. The van der Waals surface area contributed by atoms with Crippen LogP contribution in [-0.4, -0.2) is 34.6 Å². The van der Waals surface area contributed by atoms with Gasteiger partial charge in [0.2, 0.25) is 5.91 Å². The summed E-state index contributed by atoms with van der Waals surface area (Å²) < 4.78 is 18.1. The molecule has 2 aromatic heterocycles. The van der Waals surface area contributed by atoms with E-state index in [0.717, 1.165) is 5.56 Å². The van der Waals surface area contributed by atoms with Gasteiger partial charge < -0.3 is 15.0 Å². The Labute approximate surface area is 160 Å². The van der Waals surface area contributed by atoms with Crippen LogP contribution in [0.15, 0.2) is 59.7 Å². The Balaban J connectivity index is 1.91. The van der Waals surface area contributed by atoms with Gasteiger partial charge in [-0.3, -0.25) is 14.6 Å². The van der Waals surface area contributed by atoms with E-state index in [-0.39, 0.29) is 30.3 Å². The van der Waals surface area contributed by atoms with Gasteiger partial charge in [0.25, 0.3) is 5.56 Å². The number of H-pyrrole nitrogens is 1. The summed E-state index contributed by atoms with van der Waals surface area (Å²) in [5, 5.41) is 2.83. The van der Waals surface area contributed by atoms with E-state index < -0.39 is 6.04 Å². The largest absolute Gasteiger partial charge is 0.375 e. The predicted octanol–water partition coefficient (Wildman–Crippen LogP) is 2.02. The molecule has 0 fully saturated rings. The number of ether oxygens (including phenoxy) is 1. The van der Waals surface area contributed by atoms with Crippen LogP contribution in [0.4, 0.5) is 4.39 Å². The van der Waals surface area contributed by atoms with Gasteiger partial charge in [-0.25, -0.2) is 9.37 Å². The van der Waals surface area contributed by atoms with Crippen molar-refractivity contribution < 1.29 is 13.9 Å². The Morgan fingerprint density at radius 2 is 1.93 bits per heavy atom. The normalized spacial score (nSPS) is 11.8. The van der Waals surface area contributed by atoms with Crippen molar-refractivity contribution in [2.45, 2.75) is 12.5 Å². The molecule has 0 saturated heterocycles. The number of aromatic nitrogens is 3. The zero-order chi connectivity index (χ0) is 19.9. The molecule has 28 heavy (non-hydrogen) atoms. The Bertz CT molecular complexity index is 990. The highest BCUT2D eigenvalue weighted by Gasteiger charge is 2.17. The molecule has 0 aliphatic heterocycles. The number of carbonyl (C=O) groups is 1. The van der Waals surface area contributed by atoms with E-state index in [1.54, 1.807) is 36.7 Å². The third kappa shape index (κ3) is 5.08. The summed E-state index contributed by atoms with van der Waals surface area (Å²) in [6.45, 7) is -0.108. The quantitative estimate of drug-likeness (QED) is 0.652. The van der Waals surface area contributed by atoms with Crippen LogP contribution in [-0.2, 0) is 16.0 Å². The van der Waals surface area contributed by atoms with Crippen LogP contribution in [0.5, 0.6) is 0 Å². The van der Waals surface area contributed by atoms with Gasteiger partial charge in [0.05, 0.1) is 11.7 Å². The van der Waals surface area contributed by atoms with E-state index in [1.807, 2.05) is 0 Å². The monoisotopic (exact) mass is 382 g/mol. The Kier molecular flexibility index (Phi) is 6.23. The van der Waals surface area contributed by atoms with Crippen LogP contribution in [0.1, 0.15) is 17.3 Å². The van der Waals surface area contributed by atoms with Gasteiger partial charge in [-0.1, -0.05) is 12.1 Å². The fraction of sp³-hybridized carbons (Fsp3) is 0.200. The summed E-state index contributed by atoms with van der Waals surface area (Å²) in [6, 6.07) is 10.2. The molecule has 1 aromatic carbocycles. The van der Waals surface area contributed by atoms with E-state index in [4.69, 9.17) is 4.74 Å². The summed E-state index contributed by atoms with van der Waals surface area (Å²) in [7, 11) is 1.42. The number of nitrogens with one attached hydrogen (secondary N) is 2. The van der Waals surface area contributed by atoms with Crippen molar-refractivity contribution in [3.8, 4) is 11.4 Å². The molecule has 3 rings (SSSR count). The van der Waals surface area contributed by atoms with Crippen LogP contribution in [0, 0.1) is 5.82 Å². The van der Waals surface area contributed by atoms with Crippen LogP contribution in [0.2, 0.25) is 0 Å². The number of aromatic amines is 1. The molecule has 0 saturated carbocycles. The first kappa shape index (κ1) is 19.4. The fourth-order valence-electron chi connectivity index (χ4n) is 2.78. The van der Waals surface area contributed by atoms with Crippen LogP contribution in [0.25, 0.3) is 11.4 Å². The number of hydrogen-bond acceptors (Lipinski definition) is 5. The van der Waals surface area contributed by atoms with Crippen molar-refractivity contribution in [1.29, 1.82) is 0 Å². The minimum atomic E-state index is -0.497. The lowest BCUT2D eigenvalue weighted by Gasteiger charge is -2.19. The first-order valence-electron chi connectivity index (χ1n) is 8.59. The van der Waals surface area contributed by atoms with Crippen molar-refractivity contribution >= 4 is 5.91 Å². The molecule has 1 unspecified atom stereocenters. The van der Waals surface area contributed by atoms with E-state index in [9.17, 15) is 14.0 Å². The lowest BCUT2D eigenvalue weighted by molar-refractivity contribution is -0.125. The molecular weight excluding hydrogens is 363 g/mol. The maximum Gasteiger partial charge on any atom is 0.251 e. The number of amides is 1. The highest BCUT2D eigenvalue weighted by molar-refractivity contribution is 5.77. The third-order valence-electron chi connectivity index (χ3n) is 4.04. The van der Waals surface area contributed by atoms with Gasteiger partial charge >= 0.3 is 0 Å². The maximum absolute atomic E-state index is 13.3. The number of hydrogen-bond donors (Lipinski definition) is 2. The number of carbonyl (C=O) groups excluding carboxylic acids is 1. The molecular formula is C20H19FN4O3. The van der Waals surface area contributed by atoms with E-state index in [1.165, 1.54) is 25.3 Å². The molecule has 7 nitrogen and oxygen atoms in total. The van der Waals surface area contributed by atoms with Crippen LogP contribution >= 0.6 is 0 Å². The van der Waals surface area contributed by atoms with Gasteiger partial charge in [0, 0.05) is 37.6 Å². The van der Waals surface area contributed by atoms with Crippen LogP contribution < -0.4 is 10.9 Å². The van der Waals surface area contributed by atoms with Crippen molar-refractivity contribution in [2.24, 2.45) is 0 Å². The van der Waals surface area contributed by atoms with Gasteiger partial charge in [-0.2, -0.15) is 0 Å². The van der Waals surface area contributed by atoms with Gasteiger partial charge in [0.15, 0.2) is 0 Å². The highest BCUT2D eigenvalue weighted by Crippen LogP contribution is 2.19. The number of methoxy groups -OCH3 is 1. The number of rotatable bonds is 7. The molecule has 1 atom stereocenters. The van der Waals surface area contributed by atoms with E-state index in [0.29, 0.717) is 17.1 Å². The summed E-state index contributed by atoms with van der Waals surface area (Å²) in [5.41, 5.74) is 1.59. The molecule has 1 amide bonds. The zero-order valence-electron chi connectivity index (χ0n) is 15.2. The molecule has 2 heterocycles. The highest BCUT2D eigenvalue weighted by atomic mass is 19.1. The lowest BCUT2D eigenvalue weighted by atomic mass is 10.0. The Morgan fingerprint density at radius 1 is 1.21 bits per heavy atom. The van der Waals surface area contributed by atoms with E-state index in [2.05, 4.69) is 20.3 Å². The second-order valence-electron chi connectivity index (χ2n) is 6.13. The van der Waals surface area contributed by atoms with E-state index >= 15 is 0 Å². The van der Waals surface area contributed by atoms with Crippen molar-refractivity contribution in [1.82, 2.24) is 20.3 Å². The fourth-order valence-corrected chi connectivity index (χ4v) is 2.78. The molecule has 8 heteroatoms. The SMILES string of the molecule is COCC(=O)NC(Cc1cc(=O)[nH]c(-c2ccncc2)n1)c1ccc(F)cc1.